The minimum absolute atomic E-state index is 0.197. The molecule has 1 N–H and O–H groups in total. The van der Waals surface area contributed by atoms with Gasteiger partial charge in [0.05, 0.1) is 19.0 Å². The van der Waals surface area contributed by atoms with Crippen LogP contribution < -0.4 is 15.6 Å². The van der Waals surface area contributed by atoms with E-state index in [9.17, 15) is 22.8 Å². The van der Waals surface area contributed by atoms with Gasteiger partial charge in [0.25, 0.3) is 5.56 Å². The van der Waals surface area contributed by atoms with Crippen molar-refractivity contribution in [1.82, 2.24) is 14.3 Å². The summed E-state index contributed by atoms with van der Waals surface area (Å²) >= 11 is 0. The van der Waals surface area contributed by atoms with Gasteiger partial charge >= 0.3 is 12.5 Å². The fourth-order valence-electron chi connectivity index (χ4n) is 2.60. The molecule has 11 heteroatoms. The molecule has 0 fully saturated rings. The zero-order valence-corrected chi connectivity index (χ0v) is 15.2. The number of benzene rings is 1. The Morgan fingerprint density at radius 1 is 1.17 bits per heavy atom. The molecule has 1 aromatic carbocycles. The van der Waals surface area contributed by atoms with Crippen LogP contribution in [0.5, 0.6) is 5.75 Å². The summed E-state index contributed by atoms with van der Waals surface area (Å²) in [6, 6.07) is 5.99. The zero-order chi connectivity index (χ0) is 21.2. The van der Waals surface area contributed by atoms with Crippen molar-refractivity contribution in [2.45, 2.75) is 6.36 Å². The second kappa shape index (κ2) is 7.70. The predicted octanol–water partition coefficient (Wildman–Crippen LogP) is 3.31. The highest BCUT2D eigenvalue weighted by molar-refractivity contribution is 5.91. The molecule has 2 heterocycles. The monoisotopic (exact) mass is 408 g/mol. The molecule has 0 saturated heterocycles. The molecule has 0 unspecified atom stereocenters. The van der Waals surface area contributed by atoms with Gasteiger partial charge < -0.3 is 9.47 Å². The van der Waals surface area contributed by atoms with Crippen molar-refractivity contribution >= 4 is 11.8 Å². The Hall–Kier alpha value is -3.76. The summed E-state index contributed by atoms with van der Waals surface area (Å²) in [6.45, 7) is 0. The van der Waals surface area contributed by atoms with E-state index in [1.54, 1.807) is 13.2 Å². The van der Waals surface area contributed by atoms with E-state index in [4.69, 9.17) is 0 Å². The molecule has 0 atom stereocenters. The molecule has 0 bridgehead atoms. The van der Waals surface area contributed by atoms with Gasteiger partial charge in [0.2, 0.25) is 0 Å². The number of ether oxygens (including phenoxy) is 2. The number of aromatic nitrogens is 3. The van der Waals surface area contributed by atoms with Crippen LogP contribution in [0.1, 0.15) is 0 Å². The van der Waals surface area contributed by atoms with E-state index < -0.39 is 23.8 Å². The lowest BCUT2D eigenvalue weighted by Crippen LogP contribution is -2.21. The standard InChI is InChI=1S/C18H15F3N4O4/c1-24-9-11(8-22-24)14-10-25(16(26)7-15(14)23-17(27)28-2)12-3-5-13(6-4-12)29-18(19,20)21/h3-10H,1-2H3,(H,23,27). The number of hydrogen-bond donors (Lipinski definition) is 1. The number of halogens is 3. The van der Waals surface area contributed by atoms with Gasteiger partial charge in [-0.3, -0.25) is 19.4 Å². The van der Waals surface area contributed by atoms with Crippen molar-refractivity contribution < 1.29 is 27.4 Å². The van der Waals surface area contributed by atoms with Crippen LogP contribution in [-0.2, 0) is 11.8 Å². The topological polar surface area (TPSA) is 87.4 Å². The third-order valence-electron chi connectivity index (χ3n) is 3.84. The molecule has 0 aliphatic rings. The maximum atomic E-state index is 12.6. The molecule has 0 spiro atoms. The number of alkyl halides is 3. The lowest BCUT2D eigenvalue weighted by molar-refractivity contribution is -0.274. The number of nitrogens with zero attached hydrogens (tertiary/aromatic N) is 3. The van der Waals surface area contributed by atoms with Gasteiger partial charge in [0, 0.05) is 42.3 Å². The average molecular weight is 408 g/mol. The number of carbonyl (C=O) groups excluding carboxylic acids is 1. The van der Waals surface area contributed by atoms with Crippen molar-refractivity contribution in [3.8, 4) is 22.6 Å². The Morgan fingerprint density at radius 2 is 1.86 bits per heavy atom. The van der Waals surface area contributed by atoms with E-state index in [1.165, 1.54) is 47.0 Å². The van der Waals surface area contributed by atoms with Crippen molar-refractivity contribution in [1.29, 1.82) is 0 Å². The van der Waals surface area contributed by atoms with Gasteiger partial charge in [0.15, 0.2) is 0 Å². The second-order valence-electron chi connectivity index (χ2n) is 5.87. The lowest BCUT2D eigenvalue weighted by atomic mass is 10.1. The number of anilines is 1. The molecule has 3 aromatic rings. The maximum Gasteiger partial charge on any atom is 0.573 e. The highest BCUT2D eigenvalue weighted by Gasteiger charge is 2.31. The number of hydrogen-bond acceptors (Lipinski definition) is 5. The first-order chi connectivity index (χ1) is 13.7. The summed E-state index contributed by atoms with van der Waals surface area (Å²) in [6.07, 6.45) is -0.919. The summed E-state index contributed by atoms with van der Waals surface area (Å²) in [5.41, 5.74) is 1.04. The van der Waals surface area contributed by atoms with E-state index >= 15 is 0 Å². The number of carbonyl (C=O) groups is 1. The fraction of sp³-hybridized carbons (Fsp3) is 0.167. The number of rotatable bonds is 4. The number of aryl methyl sites for hydroxylation is 1. The van der Waals surface area contributed by atoms with Crippen LogP contribution in [0.4, 0.5) is 23.7 Å². The highest BCUT2D eigenvalue weighted by atomic mass is 19.4. The number of nitrogens with one attached hydrogen (secondary N) is 1. The van der Waals surface area contributed by atoms with Gasteiger partial charge in [-0.25, -0.2) is 4.79 Å². The molecule has 0 saturated carbocycles. The quantitative estimate of drug-likeness (QED) is 0.716. The van der Waals surface area contributed by atoms with Gasteiger partial charge in [0.1, 0.15) is 5.75 Å². The molecule has 1 amide bonds. The average Bonchev–Trinajstić information content (AvgIpc) is 3.07. The van der Waals surface area contributed by atoms with E-state index in [2.05, 4.69) is 19.9 Å². The van der Waals surface area contributed by atoms with Crippen LogP contribution in [0.2, 0.25) is 0 Å². The molecule has 0 aliphatic heterocycles. The first-order valence-corrected chi connectivity index (χ1v) is 8.13. The maximum absolute atomic E-state index is 12.6. The van der Waals surface area contributed by atoms with Crippen LogP contribution in [0.15, 0.2) is 53.7 Å². The van der Waals surface area contributed by atoms with Crippen LogP contribution >= 0.6 is 0 Å². The van der Waals surface area contributed by atoms with E-state index in [0.717, 1.165) is 12.1 Å². The third kappa shape index (κ3) is 4.75. The Kier molecular flexibility index (Phi) is 5.31. The van der Waals surface area contributed by atoms with Crippen LogP contribution in [0, 0.1) is 0 Å². The molecule has 29 heavy (non-hydrogen) atoms. The molecule has 152 valence electrons. The zero-order valence-electron chi connectivity index (χ0n) is 15.2. The summed E-state index contributed by atoms with van der Waals surface area (Å²) < 4.78 is 48.1. The summed E-state index contributed by atoms with van der Waals surface area (Å²) in [5, 5.41) is 6.53. The van der Waals surface area contributed by atoms with Crippen LogP contribution in [-0.4, -0.2) is 33.9 Å². The lowest BCUT2D eigenvalue weighted by Gasteiger charge is -2.14. The smallest absolute Gasteiger partial charge is 0.453 e. The Bertz CT molecular complexity index is 1090. The highest BCUT2D eigenvalue weighted by Crippen LogP contribution is 2.28. The van der Waals surface area contributed by atoms with Gasteiger partial charge in [-0.2, -0.15) is 5.10 Å². The predicted molar refractivity (Wildman–Crippen MR) is 97.0 cm³/mol. The van der Waals surface area contributed by atoms with E-state index in [1.807, 2.05) is 0 Å². The summed E-state index contributed by atoms with van der Waals surface area (Å²) in [7, 11) is 2.89. The normalized spacial score (nSPS) is 11.2. The third-order valence-corrected chi connectivity index (χ3v) is 3.84. The molecule has 0 radical (unpaired) electrons. The van der Waals surface area contributed by atoms with Crippen LogP contribution in [0.3, 0.4) is 0 Å². The molecular weight excluding hydrogens is 393 g/mol. The minimum Gasteiger partial charge on any atom is -0.453 e. The molecular formula is C18H15F3N4O4. The van der Waals surface area contributed by atoms with Gasteiger partial charge in [-0.1, -0.05) is 0 Å². The first kappa shape index (κ1) is 20.0. The fourth-order valence-corrected chi connectivity index (χ4v) is 2.60. The minimum atomic E-state index is -4.81. The Labute approximate surface area is 162 Å². The Balaban J connectivity index is 2.06. The largest absolute Gasteiger partial charge is 0.573 e. The molecule has 3 rings (SSSR count). The molecule has 0 aliphatic carbocycles. The van der Waals surface area contributed by atoms with Gasteiger partial charge in [-0.05, 0) is 24.3 Å². The number of methoxy groups -OCH3 is 1. The van der Waals surface area contributed by atoms with Crippen molar-refractivity contribution in [3.63, 3.8) is 0 Å². The van der Waals surface area contributed by atoms with E-state index in [0.29, 0.717) is 16.8 Å². The van der Waals surface area contributed by atoms with Crippen molar-refractivity contribution in [3.05, 3.63) is 59.3 Å². The van der Waals surface area contributed by atoms with Crippen molar-refractivity contribution in [2.24, 2.45) is 7.05 Å². The molecule has 8 nitrogen and oxygen atoms in total. The SMILES string of the molecule is COC(=O)Nc1cc(=O)n(-c2ccc(OC(F)(F)F)cc2)cc1-c1cnn(C)c1. The van der Waals surface area contributed by atoms with E-state index in [-0.39, 0.29) is 5.69 Å². The number of pyridine rings is 1. The first-order valence-electron chi connectivity index (χ1n) is 8.13. The van der Waals surface area contributed by atoms with Crippen LogP contribution in [0.25, 0.3) is 16.8 Å². The Morgan fingerprint density at radius 3 is 2.41 bits per heavy atom. The second-order valence-corrected chi connectivity index (χ2v) is 5.87. The van der Waals surface area contributed by atoms with Crippen molar-refractivity contribution in [2.75, 3.05) is 12.4 Å². The summed E-state index contributed by atoms with van der Waals surface area (Å²) in [5.74, 6) is -0.411. The van der Waals surface area contributed by atoms with Gasteiger partial charge in [-0.15, -0.1) is 13.2 Å². The molecule has 2 aromatic heterocycles. The summed E-state index contributed by atoms with van der Waals surface area (Å²) in [4.78, 5) is 24.2. The number of amides is 1.